The molecular weight excluding hydrogens is 168 g/mol. The summed E-state index contributed by atoms with van der Waals surface area (Å²) < 4.78 is 0. The van der Waals surface area contributed by atoms with Gasteiger partial charge in [-0.25, -0.2) is 0 Å². The summed E-state index contributed by atoms with van der Waals surface area (Å²) in [6, 6.07) is 6.23. The number of aliphatic hydroxyl groups is 2. The molecule has 0 fully saturated rings. The minimum Gasteiger partial charge on any atom is -0.359 e. The number of hydrogen-bond acceptors (Lipinski definition) is 3. The van der Waals surface area contributed by atoms with Crippen molar-refractivity contribution in [3.8, 4) is 0 Å². The van der Waals surface area contributed by atoms with Gasteiger partial charge in [0.05, 0.1) is 0 Å². The third-order valence-corrected chi connectivity index (χ3v) is 1.77. The highest BCUT2D eigenvalue weighted by atomic mass is 16.5. The lowest BCUT2D eigenvalue weighted by Crippen LogP contribution is -2.23. The van der Waals surface area contributed by atoms with Crippen molar-refractivity contribution in [2.75, 3.05) is 0 Å². The van der Waals surface area contributed by atoms with Gasteiger partial charge in [0.2, 0.25) is 5.79 Å². The van der Waals surface area contributed by atoms with E-state index in [0.717, 1.165) is 6.08 Å². The fourth-order valence-corrected chi connectivity index (χ4v) is 1.04. The quantitative estimate of drug-likeness (QED) is 0.409. The summed E-state index contributed by atoms with van der Waals surface area (Å²) in [5.74, 6) is -2.14. The molecule has 1 rings (SSSR count). The fourth-order valence-electron chi connectivity index (χ4n) is 1.04. The van der Waals surface area contributed by atoms with E-state index in [2.05, 4.69) is 6.58 Å². The number of carbonyl (C=O) groups is 1. The Bertz CT molecular complexity index is 329. The van der Waals surface area contributed by atoms with E-state index in [-0.39, 0.29) is 11.1 Å². The fraction of sp³-hybridized carbons (Fsp3) is 0.100. The highest BCUT2D eigenvalue weighted by molar-refractivity contribution is 5.77. The Morgan fingerprint density at radius 1 is 1.31 bits per heavy atom. The Kier molecular flexibility index (Phi) is 2.60. The number of rotatable bonds is 3. The molecule has 13 heavy (non-hydrogen) atoms. The summed E-state index contributed by atoms with van der Waals surface area (Å²) >= 11 is 0. The first-order chi connectivity index (χ1) is 6.11. The van der Waals surface area contributed by atoms with Crippen molar-refractivity contribution < 1.29 is 15.0 Å². The van der Waals surface area contributed by atoms with Gasteiger partial charge in [-0.1, -0.05) is 30.8 Å². The summed E-state index contributed by atoms with van der Waals surface area (Å²) in [5, 5.41) is 18.8. The van der Waals surface area contributed by atoms with E-state index < -0.39 is 5.79 Å². The van der Waals surface area contributed by atoms with Crippen molar-refractivity contribution in [1.29, 1.82) is 0 Å². The van der Waals surface area contributed by atoms with Gasteiger partial charge < -0.3 is 10.2 Å². The molecule has 0 aliphatic heterocycles. The molecule has 0 aliphatic carbocycles. The molecular formula is C10H10O3. The molecule has 0 heterocycles. The van der Waals surface area contributed by atoms with Crippen molar-refractivity contribution in [1.82, 2.24) is 0 Å². The molecule has 2 N–H and O–H groups in total. The van der Waals surface area contributed by atoms with Gasteiger partial charge >= 0.3 is 0 Å². The van der Waals surface area contributed by atoms with Gasteiger partial charge in [-0.05, 0) is 6.08 Å². The predicted molar refractivity (Wildman–Crippen MR) is 48.1 cm³/mol. The highest BCUT2D eigenvalue weighted by Crippen LogP contribution is 2.21. The van der Waals surface area contributed by atoms with Crippen LogP contribution >= 0.6 is 0 Å². The van der Waals surface area contributed by atoms with Gasteiger partial charge in [-0.15, -0.1) is 0 Å². The maximum atomic E-state index is 10.5. The Balaban J connectivity index is 3.27. The van der Waals surface area contributed by atoms with Crippen LogP contribution in [0.2, 0.25) is 0 Å². The van der Waals surface area contributed by atoms with E-state index >= 15 is 0 Å². The molecule has 3 nitrogen and oxygen atoms in total. The van der Waals surface area contributed by atoms with Gasteiger partial charge in [0.15, 0.2) is 6.29 Å². The van der Waals surface area contributed by atoms with E-state index in [1.807, 2.05) is 0 Å². The summed E-state index contributed by atoms with van der Waals surface area (Å²) in [6.45, 7) is 3.27. The van der Waals surface area contributed by atoms with Crippen LogP contribution in [-0.2, 0) is 5.79 Å². The molecule has 0 spiro atoms. The zero-order valence-electron chi connectivity index (χ0n) is 6.97. The van der Waals surface area contributed by atoms with Crippen LogP contribution in [0.4, 0.5) is 0 Å². The Morgan fingerprint density at radius 3 is 2.46 bits per heavy atom. The van der Waals surface area contributed by atoms with Crippen molar-refractivity contribution in [2.24, 2.45) is 0 Å². The predicted octanol–water partition coefficient (Wildman–Crippen LogP) is 0.822. The van der Waals surface area contributed by atoms with Crippen LogP contribution in [0.3, 0.4) is 0 Å². The summed E-state index contributed by atoms with van der Waals surface area (Å²) in [5.41, 5.74) is 0.382. The third-order valence-electron chi connectivity index (χ3n) is 1.77. The standard InChI is InChI=1S/C10H10O3/c1-2-10(12,13)9-6-4-3-5-8(9)7-11/h2-7,12-13H,1H2. The molecule has 0 unspecified atom stereocenters. The SMILES string of the molecule is C=CC(O)(O)c1ccccc1C=O. The number of hydrogen-bond donors (Lipinski definition) is 2. The molecule has 0 atom stereocenters. The minimum absolute atomic E-state index is 0.139. The van der Waals surface area contributed by atoms with Crippen LogP contribution in [0.1, 0.15) is 15.9 Å². The van der Waals surface area contributed by atoms with Gasteiger partial charge in [-0.3, -0.25) is 4.79 Å². The molecule has 0 aromatic heterocycles. The van der Waals surface area contributed by atoms with Crippen LogP contribution in [-0.4, -0.2) is 16.5 Å². The second kappa shape index (κ2) is 3.51. The minimum atomic E-state index is -2.14. The first kappa shape index (κ1) is 9.64. The van der Waals surface area contributed by atoms with E-state index in [0.29, 0.717) is 6.29 Å². The smallest absolute Gasteiger partial charge is 0.210 e. The molecule has 0 amide bonds. The summed E-state index contributed by atoms with van der Waals surface area (Å²) in [7, 11) is 0. The monoisotopic (exact) mass is 178 g/mol. The highest BCUT2D eigenvalue weighted by Gasteiger charge is 2.23. The first-order valence-corrected chi connectivity index (χ1v) is 3.75. The third kappa shape index (κ3) is 1.83. The molecule has 0 bridgehead atoms. The Labute approximate surface area is 76.0 Å². The normalized spacial score (nSPS) is 10.9. The maximum absolute atomic E-state index is 10.5. The number of benzene rings is 1. The molecule has 0 saturated carbocycles. The molecule has 0 radical (unpaired) electrons. The van der Waals surface area contributed by atoms with Crippen LogP contribution in [0.15, 0.2) is 36.9 Å². The summed E-state index contributed by atoms with van der Waals surface area (Å²) in [6.07, 6.45) is 1.54. The number of carbonyl (C=O) groups excluding carboxylic acids is 1. The average molecular weight is 178 g/mol. The molecule has 1 aromatic carbocycles. The second-order valence-corrected chi connectivity index (χ2v) is 2.64. The first-order valence-electron chi connectivity index (χ1n) is 3.75. The molecule has 3 heteroatoms. The second-order valence-electron chi connectivity index (χ2n) is 2.64. The average Bonchev–Trinajstić information content (AvgIpc) is 2.18. The largest absolute Gasteiger partial charge is 0.359 e. The summed E-state index contributed by atoms with van der Waals surface area (Å²) in [4.78, 5) is 10.5. The lowest BCUT2D eigenvalue weighted by Gasteiger charge is -2.18. The van der Waals surface area contributed by atoms with Gasteiger partial charge in [0.25, 0.3) is 0 Å². The van der Waals surface area contributed by atoms with Crippen LogP contribution in [0, 0.1) is 0 Å². The Hall–Kier alpha value is -1.45. The van der Waals surface area contributed by atoms with Crippen molar-refractivity contribution in [3.05, 3.63) is 48.0 Å². The van der Waals surface area contributed by atoms with Gasteiger partial charge in [-0.2, -0.15) is 0 Å². The van der Waals surface area contributed by atoms with Crippen LogP contribution in [0.25, 0.3) is 0 Å². The zero-order valence-corrected chi connectivity index (χ0v) is 6.97. The van der Waals surface area contributed by atoms with Gasteiger partial charge in [0, 0.05) is 11.1 Å². The van der Waals surface area contributed by atoms with Crippen molar-refractivity contribution >= 4 is 6.29 Å². The van der Waals surface area contributed by atoms with Crippen molar-refractivity contribution in [3.63, 3.8) is 0 Å². The van der Waals surface area contributed by atoms with Gasteiger partial charge in [0.1, 0.15) is 0 Å². The Morgan fingerprint density at radius 2 is 1.92 bits per heavy atom. The maximum Gasteiger partial charge on any atom is 0.210 e. The lowest BCUT2D eigenvalue weighted by molar-refractivity contribution is -0.125. The van der Waals surface area contributed by atoms with E-state index in [1.165, 1.54) is 12.1 Å². The van der Waals surface area contributed by atoms with Crippen molar-refractivity contribution in [2.45, 2.75) is 5.79 Å². The van der Waals surface area contributed by atoms with E-state index in [1.54, 1.807) is 12.1 Å². The van der Waals surface area contributed by atoms with Crippen LogP contribution in [0.5, 0.6) is 0 Å². The molecule has 0 saturated heterocycles. The molecule has 0 aliphatic rings. The number of aldehydes is 1. The van der Waals surface area contributed by atoms with E-state index in [4.69, 9.17) is 0 Å². The molecule has 1 aromatic rings. The van der Waals surface area contributed by atoms with Crippen LogP contribution < -0.4 is 0 Å². The molecule has 68 valence electrons. The van der Waals surface area contributed by atoms with E-state index in [9.17, 15) is 15.0 Å². The lowest BCUT2D eigenvalue weighted by atomic mass is 10.0. The zero-order chi connectivity index (χ0) is 9.90. The topological polar surface area (TPSA) is 57.5 Å².